The van der Waals surface area contributed by atoms with Gasteiger partial charge in [-0.05, 0) is 42.3 Å². The Hall–Kier alpha value is -1.67. The highest BCUT2D eigenvalue weighted by Crippen LogP contribution is 2.08. The number of allylic oxidation sites excluding steroid dienone is 2. The summed E-state index contributed by atoms with van der Waals surface area (Å²) in [6, 6.07) is 6.99. The Morgan fingerprint density at radius 3 is 2.38 bits per heavy atom. The van der Waals surface area contributed by atoms with Crippen LogP contribution in [0.15, 0.2) is 54.2 Å². The molecule has 0 amide bonds. The van der Waals surface area contributed by atoms with E-state index in [4.69, 9.17) is 11.6 Å². The molecule has 0 heterocycles. The predicted molar refractivity (Wildman–Crippen MR) is 68.2 cm³/mol. The van der Waals surface area contributed by atoms with Crippen molar-refractivity contribution in [2.75, 3.05) is 0 Å². The van der Waals surface area contributed by atoms with Crippen LogP contribution in [0.5, 0.6) is 0 Å². The molecule has 0 aliphatic rings. The van der Waals surface area contributed by atoms with Crippen molar-refractivity contribution in [3.05, 3.63) is 60.3 Å². The van der Waals surface area contributed by atoms with Crippen molar-refractivity contribution in [3.63, 3.8) is 0 Å². The molecule has 0 atom stereocenters. The van der Waals surface area contributed by atoms with Crippen LogP contribution in [-0.4, -0.2) is 11.0 Å². The highest BCUT2D eigenvalue weighted by molar-refractivity contribution is 6.67. The molecule has 2 nitrogen and oxygen atoms in total. The molecule has 0 saturated heterocycles. The summed E-state index contributed by atoms with van der Waals surface area (Å²) in [5.41, 5.74) is 2.31. The fourth-order valence-electron chi connectivity index (χ4n) is 1.13. The van der Waals surface area contributed by atoms with Crippen molar-refractivity contribution >= 4 is 22.6 Å². The van der Waals surface area contributed by atoms with E-state index in [1.54, 1.807) is 30.5 Å². The molecule has 0 N–H and O–H groups in total. The first kappa shape index (κ1) is 12.4. The molecule has 16 heavy (non-hydrogen) atoms. The number of carbonyl (C=O) groups is 1. The van der Waals surface area contributed by atoms with Gasteiger partial charge in [-0.1, -0.05) is 24.8 Å². The van der Waals surface area contributed by atoms with E-state index in [0.29, 0.717) is 5.56 Å². The summed E-state index contributed by atoms with van der Waals surface area (Å²) >= 11 is 5.35. The van der Waals surface area contributed by atoms with Crippen molar-refractivity contribution < 1.29 is 4.79 Å². The summed E-state index contributed by atoms with van der Waals surface area (Å²) in [5.74, 6) is 0. The number of halogens is 1. The third kappa shape index (κ3) is 3.48. The average molecular weight is 234 g/mol. The zero-order valence-corrected chi connectivity index (χ0v) is 9.74. The van der Waals surface area contributed by atoms with E-state index in [2.05, 4.69) is 11.6 Å². The van der Waals surface area contributed by atoms with Gasteiger partial charge in [0.05, 0.1) is 0 Å². The van der Waals surface area contributed by atoms with Gasteiger partial charge >= 0.3 is 0 Å². The molecule has 0 spiro atoms. The largest absolute Gasteiger partial charge is 0.276 e. The molecule has 1 aromatic carbocycles. The fraction of sp³-hybridized carbons (Fsp3) is 0.0769. The lowest BCUT2D eigenvalue weighted by atomic mass is 10.1. The Morgan fingerprint density at radius 2 is 1.88 bits per heavy atom. The molecule has 0 aliphatic carbocycles. The van der Waals surface area contributed by atoms with Gasteiger partial charge in [0.2, 0.25) is 0 Å². The molecule has 1 aromatic rings. The summed E-state index contributed by atoms with van der Waals surface area (Å²) in [4.78, 5) is 15.1. The quantitative estimate of drug-likeness (QED) is 0.444. The highest BCUT2D eigenvalue weighted by Gasteiger charge is 2.01. The van der Waals surface area contributed by atoms with Crippen molar-refractivity contribution in [3.8, 4) is 0 Å². The van der Waals surface area contributed by atoms with Crippen LogP contribution in [0, 0.1) is 0 Å². The predicted octanol–water partition coefficient (Wildman–Crippen LogP) is 3.57. The summed E-state index contributed by atoms with van der Waals surface area (Å²) in [5, 5.41) is -0.451. The average Bonchev–Trinajstić information content (AvgIpc) is 2.29. The maximum atomic E-state index is 10.9. The van der Waals surface area contributed by atoms with E-state index in [0.717, 1.165) is 11.3 Å². The Kier molecular flexibility index (Phi) is 4.67. The number of benzene rings is 1. The number of aliphatic imine (C=N–C) groups is 1. The number of rotatable bonds is 4. The van der Waals surface area contributed by atoms with Gasteiger partial charge in [-0.3, -0.25) is 9.79 Å². The van der Waals surface area contributed by atoms with Gasteiger partial charge in [0, 0.05) is 17.5 Å². The molecule has 82 valence electrons. The molecule has 3 heteroatoms. The number of hydrogen-bond donors (Lipinski definition) is 0. The molecule has 0 unspecified atom stereocenters. The first-order valence-corrected chi connectivity index (χ1v) is 5.15. The summed E-state index contributed by atoms with van der Waals surface area (Å²) in [7, 11) is 0. The molecule has 0 aromatic heterocycles. The first-order valence-electron chi connectivity index (χ1n) is 4.77. The van der Waals surface area contributed by atoms with Crippen molar-refractivity contribution in [1.29, 1.82) is 0 Å². The maximum absolute atomic E-state index is 10.9. The molecule has 0 bridgehead atoms. The van der Waals surface area contributed by atoms with Crippen LogP contribution in [0.2, 0.25) is 0 Å². The SMILES string of the molecule is C=C/C=C\N=C(C)c1ccc(C(=O)Cl)cc1. The van der Waals surface area contributed by atoms with E-state index in [1.807, 2.05) is 19.1 Å². The second kappa shape index (κ2) is 6.03. The lowest BCUT2D eigenvalue weighted by molar-refractivity contribution is 0.108. The first-order chi connectivity index (χ1) is 7.65. The Labute approximate surface area is 100.0 Å². The van der Waals surface area contributed by atoms with Crippen LogP contribution in [0.3, 0.4) is 0 Å². The maximum Gasteiger partial charge on any atom is 0.252 e. The molecule has 0 saturated carbocycles. The zero-order chi connectivity index (χ0) is 12.0. The third-order valence-corrected chi connectivity index (χ3v) is 2.24. The third-order valence-electron chi connectivity index (χ3n) is 2.02. The smallest absolute Gasteiger partial charge is 0.252 e. The minimum Gasteiger partial charge on any atom is -0.276 e. The van der Waals surface area contributed by atoms with E-state index in [9.17, 15) is 4.79 Å². The van der Waals surface area contributed by atoms with Crippen LogP contribution in [0.1, 0.15) is 22.8 Å². The van der Waals surface area contributed by atoms with Gasteiger partial charge in [0.15, 0.2) is 0 Å². The van der Waals surface area contributed by atoms with Crippen LogP contribution in [0.25, 0.3) is 0 Å². The van der Waals surface area contributed by atoms with E-state index in [-0.39, 0.29) is 0 Å². The molecule has 0 aliphatic heterocycles. The van der Waals surface area contributed by atoms with Gasteiger partial charge in [-0.2, -0.15) is 0 Å². The Bertz CT molecular complexity index is 444. The number of nitrogens with zero attached hydrogens (tertiary/aromatic N) is 1. The lowest BCUT2D eigenvalue weighted by Crippen LogP contribution is -1.95. The second-order valence-electron chi connectivity index (χ2n) is 3.14. The van der Waals surface area contributed by atoms with E-state index in [1.165, 1.54) is 0 Å². The van der Waals surface area contributed by atoms with E-state index < -0.39 is 5.24 Å². The number of carbonyl (C=O) groups excluding carboxylic acids is 1. The van der Waals surface area contributed by atoms with Crippen molar-refractivity contribution in [2.24, 2.45) is 4.99 Å². The Balaban J connectivity index is 2.89. The molecule has 0 radical (unpaired) electrons. The summed E-state index contributed by atoms with van der Waals surface area (Å²) in [6.45, 7) is 5.45. The van der Waals surface area contributed by atoms with E-state index >= 15 is 0 Å². The highest BCUT2D eigenvalue weighted by atomic mass is 35.5. The van der Waals surface area contributed by atoms with Crippen LogP contribution < -0.4 is 0 Å². The van der Waals surface area contributed by atoms with Crippen molar-refractivity contribution in [2.45, 2.75) is 6.92 Å². The minimum absolute atomic E-state index is 0.451. The van der Waals surface area contributed by atoms with Gasteiger partial charge in [0.25, 0.3) is 5.24 Å². The fourth-order valence-corrected chi connectivity index (χ4v) is 1.26. The van der Waals surface area contributed by atoms with Crippen LogP contribution >= 0.6 is 11.6 Å². The monoisotopic (exact) mass is 233 g/mol. The summed E-state index contributed by atoms with van der Waals surface area (Å²) in [6.07, 6.45) is 5.08. The van der Waals surface area contributed by atoms with Crippen LogP contribution in [-0.2, 0) is 0 Å². The second-order valence-corrected chi connectivity index (χ2v) is 3.49. The normalized spacial score (nSPS) is 11.8. The van der Waals surface area contributed by atoms with Gasteiger partial charge in [-0.15, -0.1) is 0 Å². The van der Waals surface area contributed by atoms with Crippen LogP contribution in [0.4, 0.5) is 0 Å². The Morgan fingerprint density at radius 1 is 1.31 bits per heavy atom. The molecular weight excluding hydrogens is 222 g/mol. The van der Waals surface area contributed by atoms with Gasteiger partial charge in [0.1, 0.15) is 0 Å². The van der Waals surface area contributed by atoms with Crippen molar-refractivity contribution in [1.82, 2.24) is 0 Å². The number of hydrogen-bond acceptors (Lipinski definition) is 2. The molecule has 1 rings (SSSR count). The summed E-state index contributed by atoms with van der Waals surface area (Å²) < 4.78 is 0. The van der Waals surface area contributed by atoms with Gasteiger partial charge < -0.3 is 0 Å². The topological polar surface area (TPSA) is 29.4 Å². The molecule has 0 fully saturated rings. The molecular formula is C13H12ClNO. The standard InChI is InChI=1S/C13H12ClNO/c1-3-4-9-15-10(2)11-5-7-12(8-6-11)13(14)16/h3-9H,1H2,2H3/b9-4-,15-10?. The zero-order valence-electron chi connectivity index (χ0n) is 8.98. The van der Waals surface area contributed by atoms with Gasteiger partial charge in [-0.25, -0.2) is 0 Å². The minimum atomic E-state index is -0.451. The lowest BCUT2D eigenvalue weighted by Gasteiger charge is -1.99.